The van der Waals surface area contributed by atoms with Gasteiger partial charge in [0.25, 0.3) is 0 Å². The first-order valence-electron chi connectivity index (χ1n) is 5.78. The Kier molecular flexibility index (Phi) is 4.09. The summed E-state index contributed by atoms with van der Waals surface area (Å²) in [4.78, 5) is 1.43. The van der Waals surface area contributed by atoms with Crippen molar-refractivity contribution in [2.75, 3.05) is 12.8 Å². The van der Waals surface area contributed by atoms with Gasteiger partial charge in [0, 0.05) is 10.9 Å². The molecule has 1 nitrogen and oxygen atoms in total. The van der Waals surface area contributed by atoms with Crippen LogP contribution in [0.2, 0.25) is 0 Å². The Morgan fingerprint density at radius 2 is 2.07 bits per heavy atom. The molecule has 2 rings (SSSR count). The van der Waals surface area contributed by atoms with Gasteiger partial charge in [-0.1, -0.05) is 31.0 Å². The smallest absolute Gasteiger partial charge is 0.0331 e. The van der Waals surface area contributed by atoms with Crippen molar-refractivity contribution in [1.82, 2.24) is 5.32 Å². The lowest BCUT2D eigenvalue weighted by Gasteiger charge is -2.18. The minimum Gasteiger partial charge on any atom is -0.310 e. The fourth-order valence-corrected chi connectivity index (χ4v) is 2.91. The van der Waals surface area contributed by atoms with Crippen LogP contribution in [0.1, 0.15) is 37.3 Å². The standard InChI is InChI=1S/C13H19NS/c1-15-13-9-5-4-7-11(13)12-8-3-2-6-10-14-12/h4-5,7,9,12,14H,2-3,6,8,10H2,1H3/t12-/m1/s1. The minimum absolute atomic E-state index is 0.580. The summed E-state index contributed by atoms with van der Waals surface area (Å²) in [5.74, 6) is 0. The molecule has 1 aromatic rings. The molecule has 1 aliphatic heterocycles. The van der Waals surface area contributed by atoms with Crippen LogP contribution in [0.3, 0.4) is 0 Å². The van der Waals surface area contributed by atoms with Gasteiger partial charge >= 0.3 is 0 Å². The Balaban J connectivity index is 2.18. The first-order valence-corrected chi connectivity index (χ1v) is 7.00. The molecule has 15 heavy (non-hydrogen) atoms. The molecular weight excluding hydrogens is 202 g/mol. The van der Waals surface area contributed by atoms with E-state index in [2.05, 4.69) is 35.8 Å². The lowest BCUT2D eigenvalue weighted by atomic mass is 10.0. The molecule has 0 amide bonds. The summed E-state index contributed by atoms with van der Waals surface area (Å²) in [5, 5.41) is 3.66. The van der Waals surface area contributed by atoms with Gasteiger partial charge in [0.1, 0.15) is 0 Å². The second-order valence-corrected chi connectivity index (χ2v) is 4.95. The third kappa shape index (κ3) is 2.76. The molecule has 0 unspecified atom stereocenters. The van der Waals surface area contributed by atoms with E-state index in [9.17, 15) is 0 Å². The molecule has 0 bridgehead atoms. The van der Waals surface area contributed by atoms with Crippen LogP contribution in [-0.2, 0) is 0 Å². The molecule has 0 aromatic heterocycles. The second kappa shape index (κ2) is 5.57. The highest BCUT2D eigenvalue weighted by Crippen LogP contribution is 2.29. The third-order valence-electron chi connectivity index (χ3n) is 3.07. The normalized spacial score (nSPS) is 22.3. The quantitative estimate of drug-likeness (QED) is 0.766. The summed E-state index contributed by atoms with van der Waals surface area (Å²) < 4.78 is 0. The van der Waals surface area contributed by atoms with Crippen molar-refractivity contribution in [3.05, 3.63) is 29.8 Å². The molecule has 1 atom stereocenters. The van der Waals surface area contributed by atoms with Crippen LogP contribution < -0.4 is 5.32 Å². The van der Waals surface area contributed by atoms with Crippen LogP contribution in [-0.4, -0.2) is 12.8 Å². The topological polar surface area (TPSA) is 12.0 Å². The van der Waals surface area contributed by atoms with Crippen LogP contribution in [0.25, 0.3) is 0 Å². The van der Waals surface area contributed by atoms with Crippen LogP contribution in [0, 0.1) is 0 Å². The average Bonchev–Trinajstić information content (AvgIpc) is 2.57. The molecule has 1 fully saturated rings. The van der Waals surface area contributed by atoms with Crippen LogP contribution in [0.4, 0.5) is 0 Å². The number of thioether (sulfide) groups is 1. The lowest BCUT2D eigenvalue weighted by Crippen LogP contribution is -2.20. The molecule has 0 spiro atoms. The van der Waals surface area contributed by atoms with Crippen molar-refractivity contribution in [3.8, 4) is 0 Å². The molecule has 0 radical (unpaired) electrons. The van der Waals surface area contributed by atoms with Gasteiger partial charge in [0.15, 0.2) is 0 Å². The van der Waals surface area contributed by atoms with Gasteiger partial charge in [-0.25, -0.2) is 0 Å². The third-order valence-corrected chi connectivity index (χ3v) is 3.89. The Morgan fingerprint density at radius 3 is 2.93 bits per heavy atom. The molecule has 0 aliphatic carbocycles. The van der Waals surface area contributed by atoms with E-state index in [0.29, 0.717) is 6.04 Å². The zero-order chi connectivity index (χ0) is 10.5. The zero-order valence-electron chi connectivity index (χ0n) is 9.33. The molecular formula is C13H19NS. The number of hydrogen-bond donors (Lipinski definition) is 1. The highest BCUT2D eigenvalue weighted by atomic mass is 32.2. The fourth-order valence-electron chi connectivity index (χ4n) is 2.25. The predicted octanol–water partition coefficient (Wildman–Crippen LogP) is 3.61. The summed E-state index contributed by atoms with van der Waals surface area (Å²) in [6, 6.07) is 9.37. The molecule has 1 heterocycles. The summed E-state index contributed by atoms with van der Waals surface area (Å²) in [6.07, 6.45) is 7.52. The van der Waals surface area contributed by atoms with Crippen molar-refractivity contribution in [2.45, 2.75) is 36.6 Å². The van der Waals surface area contributed by atoms with Crippen LogP contribution in [0.5, 0.6) is 0 Å². The molecule has 82 valence electrons. The van der Waals surface area contributed by atoms with E-state index in [1.165, 1.54) is 42.7 Å². The van der Waals surface area contributed by atoms with Crippen molar-refractivity contribution in [2.24, 2.45) is 0 Å². The van der Waals surface area contributed by atoms with Gasteiger partial charge in [-0.3, -0.25) is 0 Å². The van der Waals surface area contributed by atoms with Crippen molar-refractivity contribution < 1.29 is 0 Å². The maximum atomic E-state index is 3.66. The Hall–Kier alpha value is -0.470. The van der Waals surface area contributed by atoms with E-state index in [-0.39, 0.29) is 0 Å². The summed E-state index contributed by atoms with van der Waals surface area (Å²) in [6.45, 7) is 1.17. The number of nitrogens with one attached hydrogen (secondary N) is 1. The molecule has 1 saturated heterocycles. The summed E-state index contributed by atoms with van der Waals surface area (Å²) >= 11 is 1.86. The van der Waals surface area contributed by atoms with E-state index in [1.54, 1.807) is 0 Å². The molecule has 2 heteroatoms. The van der Waals surface area contributed by atoms with Gasteiger partial charge in [-0.15, -0.1) is 11.8 Å². The summed E-state index contributed by atoms with van der Waals surface area (Å²) in [5.41, 5.74) is 1.49. The van der Waals surface area contributed by atoms with Gasteiger partial charge in [0.05, 0.1) is 0 Å². The predicted molar refractivity (Wildman–Crippen MR) is 67.4 cm³/mol. The van der Waals surface area contributed by atoms with E-state index >= 15 is 0 Å². The second-order valence-electron chi connectivity index (χ2n) is 4.10. The monoisotopic (exact) mass is 221 g/mol. The first kappa shape index (κ1) is 11.0. The molecule has 1 aliphatic rings. The molecule has 1 aromatic carbocycles. The maximum Gasteiger partial charge on any atom is 0.0331 e. The maximum absolute atomic E-state index is 3.66. The van der Waals surface area contributed by atoms with Gasteiger partial charge in [-0.05, 0) is 37.3 Å². The first-order chi connectivity index (χ1) is 7.42. The Bertz CT molecular complexity index is 303. The lowest BCUT2D eigenvalue weighted by molar-refractivity contribution is 0.527. The SMILES string of the molecule is CSc1ccccc1[C@H]1CCCCCN1. The van der Waals surface area contributed by atoms with Crippen molar-refractivity contribution >= 4 is 11.8 Å². The largest absolute Gasteiger partial charge is 0.310 e. The van der Waals surface area contributed by atoms with Gasteiger partial charge in [-0.2, -0.15) is 0 Å². The minimum atomic E-state index is 0.580. The van der Waals surface area contributed by atoms with Gasteiger partial charge in [0.2, 0.25) is 0 Å². The summed E-state index contributed by atoms with van der Waals surface area (Å²) in [7, 11) is 0. The average molecular weight is 221 g/mol. The van der Waals surface area contributed by atoms with Crippen LogP contribution >= 0.6 is 11.8 Å². The van der Waals surface area contributed by atoms with E-state index < -0.39 is 0 Å². The zero-order valence-corrected chi connectivity index (χ0v) is 10.1. The van der Waals surface area contributed by atoms with Crippen LogP contribution in [0.15, 0.2) is 29.2 Å². The molecule has 0 saturated carbocycles. The van der Waals surface area contributed by atoms with E-state index in [0.717, 1.165) is 0 Å². The highest BCUT2D eigenvalue weighted by Gasteiger charge is 2.15. The number of benzene rings is 1. The Morgan fingerprint density at radius 1 is 1.20 bits per heavy atom. The molecule has 1 N–H and O–H groups in total. The number of rotatable bonds is 2. The highest BCUT2D eigenvalue weighted by molar-refractivity contribution is 7.98. The van der Waals surface area contributed by atoms with E-state index in [4.69, 9.17) is 0 Å². The Labute approximate surface area is 96.7 Å². The van der Waals surface area contributed by atoms with E-state index in [1.807, 2.05) is 11.8 Å². The van der Waals surface area contributed by atoms with Crippen molar-refractivity contribution in [3.63, 3.8) is 0 Å². The van der Waals surface area contributed by atoms with Crippen molar-refractivity contribution in [1.29, 1.82) is 0 Å². The number of hydrogen-bond acceptors (Lipinski definition) is 2. The fraction of sp³-hybridized carbons (Fsp3) is 0.538. The van der Waals surface area contributed by atoms with Gasteiger partial charge < -0.3 is 5.32 Å².